The van der Waals surface area contributed by atoms with E-state index in [2.05, 4.69) is 43.5 Å². The topological polar surface area (TPSA) is 105 Å². The number of carbonyl (C=O) groups is 1. The summed E-state index contributed by atoms with van der Waals surface area (Å²) < 4.78 is 23.9. The van der Waals surface area contributed by atoms with Crippen molar-refractivity contribution in [2.45, 2.75) is 456 Å². The maximum atomic E-state index is 13.1. The van der Waals surface area contributed by atoms with Gasteiger partial charge in [0.15, 0.2) is 0 Å². The van der Waals surface area contributed by atoms with Gasteiger partial charge in [0.25, 0.3) is 0 Å². The summed E-state index contributed by atoms with van der Waals surface area (Å²) in [6.45, 7) is 4.88. The van der Waals surface area contributed by atoms with Crippen LogP contribution in [0.1, 0.15) is 444 Å². The fourth-order valence-corrected chi connectivity index (χ4v) is 13.9. The summed E-state index contributed by atoms with van der Waals surface area (Å²) in [7, 11) is 1.60. The smallest absolute Gasteiger partial charge is 0.387 e. The second-order valence-corrected chi connectivity index (χ2v) is 31.7. The maximum absolute atomic E-state index is 13.1. The minimum absolute atomic E-state index is 0.0645. The zero-order valence-electron chi connectivity index (χ0n) is 63.5. The lowest BCUT2D eigenvalue weighted by Gasteiger charge is -2.25. The molecule has 8 nitrogen and oxygen atoms in total. The van der Waals surface area contributed by atoms with Crippen LogP contribution in [0.5, 0.6) is 0 Å². The number of phosphoric ester groups is 1. The van der Waals surface area contributed by atoms with E-state index in [9.17, 15) is 19.4 Å². The molecule has 9 heteroatoms. The zero-order chi connectivity index (χ0) is 67.6. The number of phosphoric acid groups is 1. The first-order chi connectivity index (χ1) is 45.5. The first-order valence-electron chi connectivity index (χ1n) is 41.9. The third-order valence-corrected chi connectivity index (χ3v) is 20.6. The second-order valence-electron chi connectivity index (χ2n) is 30.2. The molecular formula is C84H166N2O6P+. The Morgan fingerprint density at radius 1 is 0.366 bits per heavy atom. The van der Waals surface area contributed by atoms with Crippen molar-refractivity contribution in [2.75, 3.05) is 40.9 Å². The van der Waals surface area contributed by atoms with Gasteiger partial charge in [-0.3, -0.25) is 13.8 Å². The molecule has 0 aromatic rings. The third-order valence-electron chi connectivity index (χ3n) is 19.6. The number of carbonyl (C=O) groups excluding carboxylic acids is 1. The zero-order valence-corrected chi connectivity index (χ0v) is 64.4. The molecule has 0 aliphatic carbocycles. The van der Waals surface area contributed by atoms with Crippen molar-refractivity contribution in [1.29, 1.82) is 0 Å². The molecule has 0 radical (unpaired) electrons. The first-order valence-corrected chi connectivity index (χ1v) is 43.4. The number of quaternary nitrogens is 1. The van der Waals surface area contributed by atoms with Crippen LogP contribution in [0.2, 0.25) is 0 Å². The first kappa shape index (κ1) is 91.7. The van der Waals surface area contributed by atoms with Gasteiger partial charge in [-0.1, -0.05) is 423 Å². The van der Waals surface area contributed by atoms with Crippen LogP contribution < -0.4 is 5.32 Å². The average molecular weight is 1330 g/mol. The molecule has 3 atom stereocenters. The van der Waals surface area contributed by atoms with E-state index in [1.807, 2.05) is 27.2 Å². The molecule has 0 aliphatic rings. The van der Waals surface area contributed by atoms with E-state index in [-0.39, 0.29) is 19.1 Å². The lowest BCUT2D eigenvalue weighted by atomic mass is 10.0. The summed E-state index contributed by atoms with van der Waals surface area (Å²) >= 11 is 0. The third kappa shape index (κ3) is 77.9. The Morgan fingerprint density at radius 3 is 0.882 bits per heavy atom. The van der Waals surface area contributed by atoms with Crippen LogP contribution >= 0.6 is 7.82 Å². The molecule has 0 saturated carbocycles. The fraction of sp³-hybridized carbons (Fsp3) is 0.917. The van der Waals surface area contributed by atoms with Crippen molar-refractivity contribution in [3.63, 3.8) is 0 Å². The van der Waals surface area contributed by atoms with Gasteiger partial charge >= 0.3 is 7.82 Å². The number of allylic oxidation sites excluding steroid dienone is 5. The number of likely N-dealkylation sites (N-methyl/N-ethyl adjacent to an activating group) is 1. The highest BCUT2D eigenvalue weighted by Gasteiger charge is 2.28. The molecule has 1 amide bonds. The Kier molecular flexibility index (Phi) is 73.9. The summed E-state index contributed by atoms with van der Waals surface area (Å²) in [5, 5.41) is 14.1. The Bertz CT molecular complexity index is 1610. The molecule has 0 bridgehead atoms. The predicted molar refractivity (Wildman–Crippen MR) is 411 cm³/mol. The second kappa shape index (κ2) is 74.9. The highest BCUT2D eigenvalue weighted by molar-refractivity contribution is 7.47. The number of aliphatic hydroxyl groups is 1. The Morgan fingerprint density at radius 2 is 0.613 bits per heavy atom. The predicted octanol–water partition coefficient (Wildman–Crippen LogP) is 27.5. The van der Waals surface area contributed by atoms with Crippen LogP contribution in [-0.2, 0) is 18.4 Å². The largest absolute Gasteiger partial charge is 0.472 e. The Hall–Kier alpha value is -1.28. The minimum Gasteiger partial charge on any atom is -0.387 e. The van der Waals surface area contributed by atoms with Gasteiger partial charge in [0.2, 0.25) is 5.91 Å². The van der Waals surface area contributed by atoms with Gasteiger partial charge < -0.3 is 19.8 Å². The highest BCUT2D eigenvalue weighted by atomic mass is 31.2. The van der Waals surface area contributed by atoms with Crippen molar-refractivity contribution in [2.24, 2.45) is 0 Å². The van der Waals surface area contributed by atoms with Crippen molar-refractivity contribution in [3.8, 4) is 0 Å². The number of rotatable bonds is 79. The van der Waals surface area contributed by atoms with Gasteiger partial charge in [0, 0.05) is 6.42 Å². The van der Waals surface area contributed by atoms with Crippen molar-refractivity contribution < 1.29 is 32.9 Å². The number of hydrogen-bond donors (Lipinski definition) is 3. The summed E-state index contributed by atoms with van der Waals surface area (Å²) in [5.74, 6) is -0.166. The number of hydrogen-bond acceptors (Lipinski definition) is 5. The standard InChI is InChI=1S/C84H165N2O6P/c1-6-8-10-12-14-16-18-20-22-24-26-28-30-32-34-36-38-40-41-42-43-44-45-46-48-50-52-54-56-58-60-62-64-66-68-70-72-74-76-78-84(88)85-82(81-92-93(89,90)91-80-79-86(3,4)5)83(87)77-75-73-71-69-67-65-63-61-59-57-55-53-51-49-47-39-37-35-33-31-29-27-25-23-21-19-17-15-13-11-9-7-2/h18,20,24,26,75,77,82-83,87H,6-17,19,21-23,25,27-74,76,78-81H2,1-5H3,(H-,85,88,89,90)/p+1/b20-18-,26-24-,77-75+. The fourth-order valence-electron chi connectivity index (χ4n) is 13.1. The van der Waals surface area contributed by atoms with E-state index < -0.39 is 20.0 Å². The molecule has 0 saturated heterocycles. The molecule has 0 aromatic carbocycles. The number of nitrogens with zero attached hydrogens (tertiary/aromatic N) is 1. The molecule has 0 spiro atoms. The summed E-state index contributed by atoms with van der Waals surface area (Å²) in [6.07, 6.45) is 102. The quantitative estimate of drug-likeness (QED) is 0.0243. The number of amides is 1. The summed E-state index contributed by atoms with van der Waals surface area (Å²) in [4.78, 5) is 23.5. The van der Waals surface area contributed by atoms with Crippen molar-refractivity contribution in [1.82, 2.24) is 5.32 Å². The molecule has 0 aromatic heterocycles. The van der Waals surface area contributed by atoms with Crippen molar-refractivity contribution >= 4 is 13.7 Å². The van der Waals surface area contributed by atoms with Crippen LogP contribution in [0.3, 0.4) is 0 Å². The molecule has 552 valence electrons. The molecule has 0 rings (SSSR count). The van der Waals surface area contributed by atoms with Crippen LogP contribution in [0.4, 0.5) is 0 Å². The number of unbranched alkanes of at least 4 members (excludes halogenated alkanes) is 62. The maximum Gasteiger partial charge on any atom is 0.472 e. The molecule has 0 aliphatic heterocycles. The molecule has 3 N–H and O–H groups in total. The molecule has 0 fully saturated rings. The van der Waals surface area contributed by atoms with Gasteiger partial charge in [-0.15, -0.1) is 0 Å². The van der Waals surface area contributed by atoms with Crippen LogP contribution in [0.25, 0.3) is 0 Å². The molecular weight excluding hydrogens is 1160 g/mol. The lowest BCUT2D eigenvalue weighted by molar-refractivity contribution is -0.870. The van der Waals surface area contributed by atoms with Crippen molar-refractivity contribution in [3.05, 3.63) is 36.5 Å². The van der Waals surface area contributed by atoms with Gasteiger partial charge in [-0.2, -0.15) is 0 Å². The molecule has 0 heterocycles. The van der Waals surface area contributed by atoms with E-state index in [0.29, 0.717) is 17.4 Å². The lowest BCUT2D eigenvalue weighted by Crippen LogP contribution is -2.45. The van der Waals surface area contributed by atoms with Crippen LogP contribution in [-0.4, -0.2) is 73.4 Å². The van der Waals surface area contributed by atoms with Gasteiger partial charge in [-0.25, -0.2) is 4.57 Å². The van der Waals surface area contributed by atoms with Crippen LogP contribution in [0.15, 0.2) is 36.5 Å². The normalized spacial score (nSPS) is 13.6. The summed E-state index contributed by atoms with van der Waals surface area (Å²) in [6, 6.07) is -0.847. The van der Waals surface area contributed by atoms with Gasteiger partial charge in [0.05, 0.1) is 39.9 Å². The highest BCUT2D eigenvalue weighted by Crippen LogP contribution is 2.43. The van der Waals surface area contributed by atoms with E-state index in [0.717, 1.165) is 38.5 Å². The number of nitrogens with one attached hydrogen (secondary N) is 1. The van der Waals surface area contributed by atoms with E-state index >= 15 is 0 Å². The molecule has 93 heavy (non-hydrogen) atoms. The Labute approximate surface area is 582 Å². The van der Waals surface area contributed by atoms with E-state index in [1.165, 1.54) is 385 Å². The SMILES string of the molecule is CCCCCCC/C=C\C/C=C\CCCCCCCCCCCCCCCCCCCCCCCCCCCCCC(=O)NC(COP(=O)(O)OCC[N+](C)(C)C)C(O)/C=C/CCCCCCCCCCCCCCCCCCCCCCCCCCCCCCCC. The minimum atomic E-state index is -4.36. The number of aliphatic hydroxyl groups excluding tert-OH is 1. The average Bonchev–Trinajstić information content (AvgIpc) is 1.94. The van der Waals surface area contributed by atoms with E-state index in [4.69, 9.17) is 9.05 Å². The van der Waals surface area contributed by atoms with Gasteiger partial charge in [-0.05, 0) is 51.4 Å². The van der Waals surface area contributed by atoms with Gasteiger partial charge in [0.1, 0.15) is 13.2 Å². The van der Waals surface area contributed by atoms with Crippen LogP contribution in [0, 0.1) is 0 Å². The Balaban J connectivity index is 3.91. The molecule has 3 unspecified atom stereocenters. The summed E-state index contributed by atoms with van der Waals surface area (Å²) in [5.41, 5.74) is 0. The van der Waals surface area contributed by atoms with E-state index in [1.54, 1.807) is 6.08 Å². The monoisotopic (exact) mass is 1330 g/mol.